The van der Waals surface area contributed by atoms with Crippen molar-refractivity contribution in [3.63, 3.8) is 0 Å². The number of esters is 2. The van der Waals surface area contributed by atoms with Crippen molar-refractivity contribution >= 4 is 17.9 Å². The molecule has 0 radical (unpaired) electrons. The third-order valence-electron chi connectivity index (χ3n) is 6.08. The highest BCUT2D eigenvalue weighted by atomic mass is 16.7. The number of allylic oxidation sites excluding steroid dienone is 2. The molecule has 1 aromatic carbocycles. The lowest BCUT2D eigenvalue weighted by molar-refractivity contribution is -0.199. The number of carbonyl (C=O) groups is 3. The molecular weight excluding hydrogens is 452 g/mol. The Morgan fingerprint density at radius 2 is 1.71 bits per heavy atom. The fourth-order valence-corrected chi connectivity index (χ4v) is 4.49. The summed E-state index contributed by atoms with van der Waals surface area (Å²) in [6.45, 7) is 8.82. The van der Waals surface area contributed by atoms with E-state index in [1.807, 2.05) is 0 Å². The molecule has 2 aliphatic heterocycles. The number of dihydropyridines is 1. The van der Waals surface area contributed by atoms with Crippen LogP contribution in [0.15, 0.2) is 46.8 Å². The minimum atomic E-state index is -0.678. The van der Waals surface area contributed by atoms with Gasteiger partial charge in [-0.2, -0.15) is 0 Å². The van der Waals surface area contributed by atoms with Crippen molar-refractivity contribution in [2.45, 2.75) is 46.5 Å². The Kier molecular flexibility index (Phi) is 8.92. The molecule has 2 heterocycles. The highest BCUT2D eigenvalue weighted by Gasteiger charge is 2.37. The van der Waals surface area contributed by atoms with Gasteiger partial charge in [0, 0.05) is 24.5 Å². The third kappa shape index (κ3) is 6.42. The number of benzene rings is 1. The van der Waals surface area contributed by atoms with Crippen LogP contribution in [0.25, 0.3) is 0 Å². The Labute approximate surface area is 206 Å². The zero-order valence-corrected chi connectivity index (χ0v) is 21.0. The maximum absolute atomic E-state index is 12.8. The van der Waals surface area contributed by atoms with Crippen LogP contribution in [0.1, 0.15) is 52.0 Å². The van der Waals surface area contributed by atoms with Crippen LogP contribution in [0.5, 0.6) is 5.75 Å². The summed E-state index contributed by atoms with van der Waals surface area (Å²) in [5, 5.41) is 4.78. The number of nitrogens with zero attached hydrogens (tertiary/aromatic N) is 1. The standard InChI is InChI=1S/C26H34N2O7/c1-6-33-26(31)23-18(4)27-17(3)22(25(30)32-5)24(23)19-9-11-20(12-10-19)34-15-21(29)35-28-13-7-8-16(2)14-28/h9-12,16,24,27H,6-8,13-15H2,1-5H3. The molecule has 2 aliphatic rings. The van der Waals surface area contributed by atoms with Crippen molar-refractivity contribution in [2.75, 3.05) is 33.4 Å². The Hall–Kier alpha value is -3.33. The van der Waals surface area contributed by atoms with Gasteiger partial charge < -0.3 is 24.4 Å². The third-order valence-corrected chi connectivity index (χ3v) is 6.08. The molecule has 190 valence electrons. The van der Waals surface area contributed by atoms with Gasteiger partial charge in [0.25, 0.3) is 0 Å². The van der Waals surface area contributed by atoms with Crippen molar-refractivity contribution in [2.24, 2.45) is 5.92 Å². The predicted molar refractivity (Wildman–Crippen MR) is 128 cm³/mol. The van der Waals surface area contributed by atoms with Gasteiger partial charge >= 0.3 is 17.9 Å². The van der Waals surface area contributed by atoms with Crippen LogP contribution in [-0.4, -0.2) is 56.4 Å². The highest BCUT2D eigenvalue weighted by molar-refractivity contribution is 5.99. The molecule has 0 bridgehead atoms. The van der Waals surface area contributed by atoms with E-state index in [0.717, 1.165) is 25.9 Å². The van der Waals surface area contributed by atoms with Gasteiger partial charge in [0.1, 0.15) is 5.75 Å². The first-order valence-electron chi connectivity index (χ1n) is 11.9. The van der Waals surface area contributed by atoms with E-state index in [1.165, 1.54) is 7.11 Å². The first-order chi connectivity index (χ1) is 16.7. The van der Waals surface area contributed by atoms with Crippen molar-refractivity contribution in [3.8, 4) is 5.75 Å². The smallest absolute Gasteiger partial charge is 0.362 e. The number of rotatable bonds is 8. The van der Waals surface area contributed by atoms with Gasteiger partial charge in [-0.1, -0.05) is 19.1 Å². The largest absolute Gasteiger partial charge is 0.482 e. The fourth-order valence-electron chi connectivity index (χ4n) is 4.49. The Morgan fingerprint density at radius 3 is 2.31 bits per heavy atom. The molecule has 0 spiro atoms. The van der Waals surface area contributed by atoms with Crippen molar-refractivity contribution < 1.29 is 33.4 Å². The summed E-state index contributed by atoms with van der Waals surface area (Å²) in [4.78, 5) is 43.0. The summed E-state index contributed by atoms with van der Waals surface area (Å²) < 4.78 is 15.9. The zero-order chi connectivity index (χ0) is 25.5. The molecule has 1 saturated heterocycles. The number of carbonyl (C=O) groups excluding carboxylic acids is 3. The zero-order valence-electron chi connectivity index (χ0n) is 21.0. The Balaban J connectivity index is 1.76. The van der Waals surface area contributed by atoms with E-state index in [0.29, 0.717) is 39.8 Å². The minimum absolute atomic E-state index is 0.206. The summed E-state index contributed by atoms with van der Waals surface area (Å²) >= 11 is 0. The summed E-state index contributed by atoms with van der Waals surface area (Å²) in [6.07, 6.45) is 2.13. The second-order valence-corrected chi connectivity index (χ2v) is 8.80. The van der Waals surface area contributed by atoms with Gasteiger partial charge in [-0.25, -0.2) is 14.4 Å². The molecule has 9 nitrogen and oxygen atoms in total. The van der Waals surface area contributed by atoms with Gasteiger partial charge in [0.2, 0.25) is 0 Å². The van der Waals surface area contributed by atoms with Gasteiger partial charge in [-0.15, -0.1) is 5.06 Å². The minimum Gasteiger partial charge on any atom is -0.482 e. The SMILES string of the molecule is CCOC(=O)C1=C(C)NC(C)=C(C(=O)OC)C1c1ccc(OCC(=O)ON2CCCC(C)C2)cc1. The fraction of sp³-hybridized carbons (Fsp3) is 0.500. The first-order valence-corrected chi connectivity index (χ1v) is 11.9. The van der Waals surface area contributed by atoms with E-state index in [2.05, 4.69) is 12.2 Å². The molecule has 0 saturated carbocycles. The van der Waals surface area contributed by atoms with Crippen molar-refractivity contribution in [1.82, 2.24) is 10.4 Å². The maximum atomic E-state index is 12.8. The van der Waals surface area contributed by atoms with E-state index < -0.39 is 23.8 Å². The van der Waals surface area contributed by atoms with Crippen LogP contribution in [-0.2, 0) is 28.7 Å². The number of hydrogen-bond acceptors (Lipinski definition) is 9. The number of piperidine rings is 1. The van der Waals surface area contributed by atoms with Crippen molar-refractivity contribution in [3.05, 3.63) is 52.4 Å². The number of hydroxylamine groups is 2. The van der Waals surface area contributed by atoms with Gasteiger partial charge in [0.05, 0.1) is 30.8 Å². The molecule has 0 aliphatic carbocycles. The van der Waals surface area contributed by atoms with E-state index in [9.17, 15) is 14.4 Å². The molecule has 0 amide bonds. The normalized spacial score (nSPS) is 20.7. The monoisotopic (exact) mass is 486 g/mol. The average molecular weight is 487 g/mol. The molecule has 0 aromatic heterocycles. The van der Waals surface area contributed by atoms with E-state index in [4.69, 9.17) is 19.0 Å². The molecule has 1 aromatic rings. The molecule has 35 heavy (non-hydrogen) atoms. The Morgan fingerprint density at radius 1 is 1.06 bits per heavy atom. The van der Waals surface area contributed by atoms with Gasteiger partial charge in [-0.05, 0) is 57.2 Å². The van der Waals surface area contributed by atoms with Crippen LogP contribution in [0.4, 0.5) is 0 Å². The molecule has 3 rings (SSSR count). The molecule has 1 N–H and O–H groups in total. The van der Waals surface area contributed by atoms with Crippen LogP contribution in [0, 0.1) is 5.92 Å². The lowest BCUT2D eigenvalue weighted by atomic mass is 9.80. The molecule has 2 atom stereocenters. The average Bonchev–Trinajstić information content (AvgIpc) is 2.82. The topological polar surface area (TPSA) is 103 Å². The van der Waals surface area contributed by atoms with Crippen LogP contribution in [0.3, 0.4) is 0 Å². The quantitative estimate of drug-likeness (QED) is 0.555. The van der Waals surface area contributed by atoms with Crippen molar-refractivity contribution in [1.29, 1.82) is 0 Å². The molecular formula is C26H34N2O7. The van der Waals surface area contributed by atoms with E-state index in [1.54, 1.807) is 50.1 Å². The highest BCUT2D eigenvalue weighted by Crippen LogP contribution is 2.39. The van der Waals surface area contributed by atoms with Gasteiger partial charge in [-0.3, -0.25) is 0 Å². The second-order valence-electron chi connectivity index (χ2n) is 8.80. The Bertz CT molecular complexity index is 1010. The first kappa shape index (κ1) is 26.3. The lowest BCUT2D eigenvalue weighted by Crippen LogP contribution is -2.37. The predicted octanol–water partition coefficient (Wildman–Crippen LogP) is 3.23. The summed E-state index contributed by atoms with van der Waals surface area (Å²) in [6, 6.07) is 6.89. The maximum Gasteiger partial charge on any atom is 0.362 e. The molecule has 9 heteroatoms. The summed E-state index contributed by atoms with van der Waals surface area (Å²) in [5.74, 6) is -1.23. The lowest BCUT2D eigenvalue weighted by Gasteiger charge is -2.30. The van der Waals surface area contributed by atoms with Crippen LogP contribution < -0.4 is 10.1 Å². The number of methoxy groups -OCH3 is 1. The van der Waals surface area contributed by atoms with Crippen LogP contribution in [0.2, 0.25) is 0 Å². The number of hydrogen-bond donors (Lipinski definition) is 1. The number of ether oxygens (including phenoxy) is 3. The summed E-state index contributed by atoms with van der Waals surface area (Å²) in [5.41, 5.74) is 2.56. The van der Waals surface area contributed by atoms with E-state index >= 15 is 0 Å². The van der Waals surface area contributed by atoms with Gasteiger partial charge in [0.15, 0.2) is 6.61 Å². The second kappa shape index (κ2) is 11.9. The molecule has 1 fully saturated rings. The van der Waals surface area contributed by atoms with E-state index in [-0.39, 0.29) is 13.2 Å². The summed E-state index contributed by atoms with van der Waals surface area (Å²) in [7, 11) is 1.30. The molecule has 2 unspecified atom stereocenters. The van der Waals surface area contributed by atoms with Crippen LogP contribution >= 0.6 is 0 Å². The number of nitrogens with one attached hydrogen (secondary N) is 1.